The van der Waals surface area contributed by atoms with E-state index in [1.807, 2.05) is 30.3 Å². The minimum absolute atomic E-state index is 0.206. The Labute approximate surface area is 119 Å². The maximum Gasteiger partial charge on any atom is 0.242 e. The Hall–Kier alpha value is -1.88. The normalized spacial score (nSPS) is 15.0. The van der Waals surface area contributed by atoms with Crippen LogP contribution in [0.2, 0.25) is 0 Å². The maximum absolute atomic E-state index is 11.9. The first-order valence-electron chi connectivity index (χ1n) is 6.79. The molecule has 3 atom stereocenters. The van der Waals surface area contributed by atoms with Crippen molar-refractivity contribution in [1.29, 1.82) is 0 Å². The molecule has 1 rings (SSSR count). The second-order valence-electron chi connectivity index (χ2n) is 5.08. The monoisotopic (exact) mass is 277 g/mol. The second-order valence-corrected chi connectivity index (χ2v) is 5.08. The lowest BCUT2D eigenvalue weighted by atomic mass is 10.0. The van der Waals surface area contributed by atoms with Gasteiger partial charge in [-0.25, -0.2) is 0 Å². The molecule has 0 bridgehead atoms. The van der Waals surface area contributed by atoms with E-state index < -0.39 is 6.04 Å². The van der Waals surface area contributed by atoms with Gasteiger partial charge in [-0.1, -0.05) is 37.3 Å². The van der Waals surface area contributed by atoms with E-state index in [1.165, 1.54) is 0 Å². The number of carbonyl (C=O) groups is 2. The van der Waals surface area contributed by atoms with Crippen LogP contribution in [0.3, 0.4) is 0 Å². The second kappa shape index (κ2) is 7.65. The van der Waals surface area contributed by atoms with E-state index in [9.17, 15) is 9.59 Å². The summed E-state index contributed by atoms with van der Waals surface area (Å²) in [5, 5.41) is 5.45. The zero-order chi connectivity index (χ0) is 15.1. The molecule has 0 radical (unpaired) electrons. The van der Waals surface area contributed by atoms with Crippen LogP contribution in [0.25, 0.3) is 0 Å². The highest BCUT2D eigenvalue weighted by Gasteiger charge is 2.21. The molecule has 0 aromatic heterocycles. The Balaban J connectivity index is 2.41. The van der Waals surface area contributed by atoms with E-state index in [0.29, 0.717) is 6.54 Å². The van der Waals surface area contributed by atoms with Crippen LogP contribution in [0.15, 0.2) is 30.3 Å². The summed E-state index contributed by atoms with van der Waals surface area (Å²) in [6.07, 6.45) is 0. The van der Waals surface area contributed by atoms with E-state index in [4.69, 9.17) is 5.73 Å². The van der Waals surface area contributed by atoms with Crippen molar-refractivity contribution in [3.8, 4) is 0 Å². The van der Waals surface area contributed by atoms with Gasteiger partial charge in [-0.05, 0) is 19.4 Å². The van der Waals surface area contributed by atoms with E-state index in [1.54, 1.807) is 20.8 Å². The van der Waals surface area contributed by atoms with Crippen molar-refractivity contribution in [2.75, 3.05) is 0 Å². The number of hydrogen-bond donors (Lipinski definition) is 3. The molecule has 5 nitrogen and oxygen atoms in total. The molecular weight excluding hydrogens is 254 g/mol. The summed E-state index contributed by atoms with van der Waals surface area (Å²) >= 11 is 0. The summed E-state index contributed by atoms with van der Waals surface area (Å²) in [7, 11) is 0. The lowest BCUT2D eigenvalue weighted by molar-refractivity contribution is -0.130. The molecule has 1 aromatic rings. The van der Waals surface area contributed by atoms with Crippen molar-refractivity contribution in [2.45, 2.75) is 39.4 Å². The molecule has 0 aliphatic rings. The van der Waals surface area contributed by atoms with Crippen molar-refractivity contribution >= 4 is 11.8 Å². The van der Waals surface area contributed by atoms with Gasteiger partial charge in [0.2, 0.25) is 11.8 Å². The summed E-state index contributed by atoms with van der Waals surface area (Å²) in [6.45, 7) is 5.62. The predicted molar refractivity (Wildman–Crippen MR) is 78.7 cm³/mol. The van der Waals surface area contributed by atoms with Gasteiger partial charge in [-0.2, -0.15) is 0 Å². The van der Waals surface area contributed by atoms with E-state index in [-0.39, 0.29) is 23.8 Å². The van der Waals surface area contributed by atoms with Crippen molar-refractivity contribution in [3.05, 3.63) is 35.9 Å². The molecule has 2 amide bonds. The molecule has 4 N–H and O–H groups in total. The highest BCUT2D eigenvalue weighted by Crippen LogP contribution is 2.01. The molecule has 0 spiro atoms. The van der Waals surface area contributed by atoms with Crippen LogP contribution in [-0.4, -0.2) is 23.9 Å². The quantitative estimate of drug-likeness (QED) is 0.719. The van der Waals surface area contributed by atoms with Crippen LogP contribution < -0.4 is 16.4 Å². The fraction of sp³-hybridized carbons (Fsp3) is 0.467. The van der Waals surface area contributed by atoms with Gasteiger partial charge in [-0.15, -0.1) is 0 Å². The van der Waals surface area contributed by atoms with E-state index in [2.05, 4.69) is 10.6 Å². The summed E-state index contributed by atoms with van der Waals surface area (Å²) in [4.78, 5) is 23.7. The first-order chi connectivity index (χ1) is 9.41. The molecule has 0 aliphatic heterocycles. The molecule has 1 aromatic carbocycles. The smallest absolute Gasteiger partial charge is 0.242 e. The highest BCUT2D eigenvalue weighted by atomic mass is 16.2. The lowest BCUT2D eigenvalue weighted by Gasteiger charge is -2.19. The zero-order valence-corrected chi connectivity index (χ0v) is 12.2. The van der Waals surface area contributed by atoms with Crippen LogP contribution in [0, 0.1) is 5.92 Å². The molecule has 0 saturated heterocycles. The van der Waals surface area contributed by atoms with E-state index >= 15 is 0 Å². The molecule has 0 heterocycles. The molecule has 20 heavy (non-hydrogen) atoms. The first-order valence-corrected chi connectivity index (χ1v) is 6.79. The van der Waals surface area contributed by atoms with Gasteiger partial charge in [-0.3, -0.25) is 9.59 Å². The number of nitrogens with two attached hydrogens (primary N) is 1. The fourth-order valence-electron chi connectivity index (χ4n) is 1.59. The molecule has 110 valence electrons. The number of benzene rings is 1. The van der Waals surface area contributed by atoms with Crippen LogP contribution in [0.4, 0.5) is 0 Å². The van der Waals surface area contributed by atoms with Crippen LogP contribution in [0.5, 0.6) is 0 Å². The van der Waals surface area contributed by atoms with Gasteiger partial charge in [0.25, 0.3) is 0 Å². The van der Waals surface area contributed by atoms with E-state index in [0.717, 1.165) is 5.56 Å². The van der Waals surface area contributed by atoms with Crippen LogP contribution in [-0.2, 0) is 16.1 Å². The van der Waals surface area contributed by atoms with Crippen molar-refractivity contribution < 1.29 is 9.59 Å². The Morgan fingerprint density at radius 3 is 2.25 bits per heavy atom. The average molecular weight is 277 g/mol. The summed E-state index contributed by atoms with van der Waals surface area (Å²) < 4.78 is 0. The third-order valence-electron chi connectivity index (χ3n) is 3.26. The first kappa shape index (κ1) is 16.2. The number of rotatable bonds is 6. The molecule has 0 aliphatic carbocycles. The number of hydrogen-bond acceptors (Lipinski definition) is 3. The SMILES string of the molecule is CC(NC(=O)C(C)C(C)N)C(=O)NCc1ccccc1. The largest absolute Gasteiger partial charge is 0.350 e. The summed E-state index contributed by atoms with van der Waals surface area (Å²) in [5.74, 6) is -0.735. The van der Waals surface area contributed by atoms with Gasteiger partial charge in [0, 0.05) is 18.5 Å². The summed E-state index contributed by atoms with van der Waals surface area (Å²) in [5.41, 5.74) is 6.68. The van der Waals surface area contributed by atoms with Gasteiger partial charge in [0.1, 0.15) is 6.04 Å². The van der Waals surface area contributed by atoms with Gasteiger partial charge in [0.05, 0.1) is 0 Å². The van der Waals surface area contributed by atoms with Crippen molar-refractivity contribution in [1.82, 2.24) is 10.6 Å². The Morgan fingerprint density at radius 2 is 1.70 bits per heavy atom. The van der Waals surface area contributed by atoms with Crippen molar-refractivity contribution in [2.24, 2.45) is 11.7 Å². The lowest BCUT2D eigenvalue weighted by Crippen LogP contribution is -2.48. The standard InChI is InChI=1S/C15H23N3O2/c1-10(11(2)16)14(19)18-12(3)15(20)17-9-13-7-5-4-6-8-13/h4-8,10-12H,9,16H2,1-3H3,(H,17,20)(H,18,19). The zero-order valence-electron chi connectivity index (χ0n) is 12.2. The third-order valence-corrected chi connectivity index (χ3v) is 3.26. The summed E-state index contributed by atoms with van der Waals surface area (Å²) in [6, 6.07) is 8.79. The Bertz CT molecular complexity index is 446. The minimum Gasteiger partial charge on any atom is -0.350 e. The molecule has 3 unspecified atom stereocenters. The van der Waals surface area contributed by atoms with Gasteiger partial charge >= 0.3 is 0 Å². The molecular formula is C15H23N3O2. The molecule has 0 fully saturated rings. The van der Waals surface area contributed by atoms with Crippen LogP contribution >= 0.6 is 0 Å². The average Bonchev–Trinajstić information content (AvgIpc) is 2.44. The maximum atomic E-state index is 11.9. The van der Waals surface area contributed by atoms with Crippen LogP contribution in [0.1, 0.15) is 26.3 Å². The number of carbonyl (C=O) groups excluding carboxylic acids is 2. The highest BCUT2D eigenvalue weighted by molar-refractivity contribution is 5.88. The molecule has 0 saturated carbocycles. The van der Waals surface area contributed by atoms with Crippen molar-refractivity contribution in [3.63, 3.8) is 0 Å². The predicted octanol–water partition coefficient (Wildman–Crippen LogP) is 0.791. The minimum atomic E-state index is -0.576. The molecule has 5 heteroatoms. The number of nitrogens with one attached hydrogen (secondary N) is 2. The van der Waals surface area contributed by atoms with Gasteiger partial charge in [0.15, 0.2) is 0 Å². The third kappa shape index (κ3) is 5.01. The topological polar surface area (TPSA) is 84.2 Å². The Kier molecular flexibility index (Phi) is 6.18. The fourth-order valence-corrected chi connectivity index (χ4v) is 1.59. The number of amides is 2. The van der Waals surface area contributed by atoms with Gasteiger partial charge < -0.3 is 16.4 Å². The Morgan fingerprint density at radius 1 is 1.10 bits per heavy atom.